The number of hydrogen-bond donors (Lipinski definition) is 0. The van der Waals surface area contributed by atoms with Gasteiger partial charge in [-0.2, -0.15) is 0 Å². The first-order chi connectivity index (χ1) is 3.41. The van der Waals surface area contributed by atoms with Gasteiger partial charge in [0.2, 0.25) is 0 Å². The average Bonchev–Trinajstić information content (AvgIpc) is 1.69. The summed E-state index contributed by atoms with van der Waals surface area (Å²) in [6.07, 6.45) is 7.07. The summed E-state index contributed by atoms with van der Waals surface area (Å²) in [6, 6.07) is 0. The SMILES string of the molecule is [C]#CCCOCC. The lowest BCUT2D eigenvalue weighted by atomic mass is 10.5. The van der Waals surface area contributed by atoms with Crippen LogP contribution in [-0.2, 0) is 4.74 Å². The van der Waals surface area contributed by atoms with Crippen LogP contribution in [0.1, 0.15) is 13.3 Å². The normalized spacial score (nSPS) is 8.00. The van der Waals surface area contributed by atoms with Gasteiger partial charge in [-0.1, -0.05) is 5.92 Å². The molecule has 0 aliphatic heterocycles. The summed E-state index contributed by atoms with van der Waals surface area (Å²) in [7, 11) is 0. The maximum atomic E-state index is 6.45. The van der Waals surface area contributed by atoms with Crippen molar-refractivity contribution in [2.45, 2.75) is 13.3 Å². The molecule has 0 bridgehead atoms. The van der Waals surface area contributed by atoms with Crippen LogP contribution in [0.15, 0.2) is 0 Å². The summed E-state index contributed by atoms with van der Waals surface area (Å²) < 4.78 is 4.89. The molecule has 0 unspecified atom stereocenters. The molecule has 0 aromatic heterocycles. The van der Waals surface area contributed by atoms with Crippen LogP contribution in [0.2, 0.25) is 0 Å². The fraction of sp³-hybridized carbons (Fsp3) is 0.667. The number of hydrogen-bond acceptors (Lipinski definition) is 1. The van der Waals surface area contributed by atoms with Crippen LogP contribution in [0, 0.1) is 12.3 Å². The molecule has 0 fully saturated rings. The second-order valence-electron chi connectivity index (χ2n) is 1.12. The average molecular weight is 97.1 g/mol. The Kier molecular flexibility index (Phi) is 5.14. The highest BCUT2D eigenvalue weighted by Gasteiger charge is 1.75. The van der Waals surface area contributed by atoms with Crippen molar-refractivity contribution in [1.29, 1.82) is 0 Å². The van der Waals surface area contributed by atoms with E-state index in [-0.39, 0.29) is 0 Å². The van der Waals surface area contributed by atoms with Gasteiger partial charge in [-0.15, -0.1) is 0 Å². The van der Waals surface area contributed by atoms with Crippen molar-refractivity contribution in [2.75, 3.05) is 13.2 Å². The highest BCUT2D eigenvalue weighted by molar-refractivity contribution is 4.73. The van der Waals surface area contributed by atoms with Crippen molar-refractivity contribution in [1.82, 2.24) is 0 Å². The van der Waals surface area contributed by atoms with Gasteiger partial charge in [-0.3, -0.25) is 0 Å². The Morgan fingerprint density at radius 1 is 1.71 bits per heavy atom. The standard InChI is InChI=1S/C6H9O/c1-3-5-6-7-4-2/h4-6H2,2H3. The van der Waals surface area contributed by atoms with Gasteiger partial charge in [-0.05, 0) is 13.3 Å². The van der Waals surface area contributed by atoms with Crippen LogP contribution in [-0.4, -0.2) is 13.2 Å². The van der Waals surface area contributed by atoms with Gasteiger partial charge in [0.05, 0.1) is 6.61 Å². The number of ether oxygens (including phenoxy) is 1. The van der Waals surface area contributed by atoms with Crippen molar-refractivity contribution >= 4 is 0 Å². The molecule has 7 heavy (non-hydrogen) atoms. The van der Waals surface area contributed by atoms with E-state index in [2.05, 4.69) is 5.92 Å². The van der Waals surface area contributed by atoms with E-state index in [1.54, 1.807) is 0 Å². The van der Waals surface area contributed by atoms with E-state index in [1.807, 2.05) is 6.92 Å². The monoisotopic (exact) mass is 97.1 g/mol. The summed E-state index contributed by atoms with van der Waals surface area (Å²) in [6.45, 7) is 3.31. The van der Waals surface area contributed by atoms with Crippen LogP contribution in [0.5, 0.6) is 0 Å². The molecule has 0 heterocycles. The van der Waals surface area contributed by atoms with Gasteiger partial charge in [0.25, 0.3) is 0 Å². The molecule has 0 atom stereocenters. The molecule has 0 saturated heterocycles. The maximum Gasteiger partial charge on any atom is 0.0575 e. The summed E-state index contributed by atoms with van der Waals surface area (Å²) >= 11 is 0. The number of rotatable bonds is 3. The Morgan fingerprint density at radius 3 is 2.86 bits per heavy atom. The van der Waals surface area contributed by atoms with E-state index in [9.17, 15) is 0 Å². The third kappa shape index (κ3) is 5.52. The molecule has 0 aliphatic rings. The van der Waals surface area contributed by atoms with Crippen LogP contribution >= 0.6 is 0 Å². The molecule has 39 valence electrons. The zero-order chi connectivity index (χ0) is 5.54. The first kappa shape index (κ1) is 6.52. The van der Waals surface area contributed by atoms with Crippen LogP contribution < -0.4 is 0 Å². The molecule has 0 aromatic carbocycles. The predicted molar refractivity (Wildman–Crippen MR) is 28.2 cm³/mol. The van der Waals surface area contributed by atoms with Gasteiger partial charge >= 0.3 is 0 Å². The largest absolute Gasteiger partial charge is 0.381 e. The lowest BCUT2D eigenvalue weighted by Gasteiger charge is -1.91. The van der Waals surface area contributed by atoms with E-state index < -0.39 is 0 Å². The lowest BCUT2D eigenvalue weighted by molar-refractivity contribution is 0.154. The van der Waals surface area contributed by atoms with Crippen molar-refractivity contribution in [3.05, 3.63) is 6.42 Å². The van der Waals surface area contributed by atoms with E-state index >= 15 is 0 Å². The van der Waals surface area contributed by atoms with Crippen molar-refractivity contribution in [3.8, 4) is 5.92 Å². The smallest absolute Gasteiger partial charge is 0.0575 e. The Labute approximate surface area is 44.7 Å². The first-order valence-corrected chi connectivity index (χ1v) is 2.39. The van der Waals surface area contributed by atoms with Crippen molar-refractivity contribution in [3.63, 3.8) is 0 Å². The zero-order valence-corrected chi connectivity index (χ0v) is 4.53. The zero-order valence-electron chi connectivity index (χ0n) is 4.53. The molecule has 0 aliphatic carbocycles. The van der Waals surface area contributed by atoms with Crippen LogP contribution in [0.4, 0.5) is 0 Å². The van der Waals surface area contributed by atoms with E-state index in [4.69, 9.17) is 11.2 Å². The summed E-state index contributed by atoms with van der Waals surface area (Å²) in [4.78, 5) is 0. The molecule has 0 rings (SSSR count). The molecule has 0 spiro atoms. The van der Waals surface area contributed by atoms with Crippen molar-refractivity contribution < 1.29 is 4.74 Å². The Bertz CT molecular complexity index is 61.1. The maximum absolute atomic E-state index is 6.45. The highest BCUT2D eigenvalue weighted by atomic mass is 16.5. The molecule has 1 heteroatoms. The fourth-order valence-electron chi connectivity index (χ4n) is 0.268. The van der Waals surface area contributed by atoms with E-state index in [1.165, 1.54) is 0 Å². The molecule has 0 N–H and O–H groups in total. The van der Waals surface area contributed by atoms with Gasteiger partial charge in [0, 0.05) is 13.0 Å². The summed E-state index contributed by atoms with van der Waals surface area (Å²) in [5.41, 5.74) is 0. The van der Waals surface area contributed by atoms with Crippen LogP contribution in [0.3, 0.4) is 0 Å². The molecule has 1 radical (unpaired) electrons. The van der Waals surface area contributed by atoms with Gasteiger partial charge in [0.15, 0.2) is 0 Å². The topological polar surface area (TPSA) is 9.23 Å². The van der Waals surface area contributed by atoms with Crippen molar-refractivity contribution in [2.24, 2.45) is 0 Å². The highest BCUT2D eigenvalue weighted by Crippen LogP contribution is 1.76. The van der Waals surface area contributed by atoms with E-state index in [0.29, 0.717) is 13.0 Å². The third-order valence-electron chi connectivity index (χ3n) is 0.576. The van der Waals surface area contributed by atoms with Gasteiger partial charge in [-0.25, -0.2) is 0 Å². The minimum atomic E-state index is 0.619. The molecule has 1 nitrogen and oxygen atoms in total. The summed E-state index contributed by atoms with van der Waals surface area (Å²) in [5.74, 6) is 2.23. The molecule has 0 aromatic rings. The minimum Gasteiger partial charge on any atom is -0.381 e. The third-order valence-corrected chi connectivity index (χ3v) is 0.576. The lowest BCUT2D eigenvalue weighted by Crippen LogP contribution is -1.89. The first-order valence-electron chi connectivity index (χ1n) is 2.39. The molecule has 0 saturated carbocycles. The molecular formula is C6H9O. The van der Waals surface area contributed by atoms with Gasteiger partial charge in [0.1, 0.15) is 0 Å². The predicted octanol–water partition coefficient (Wildman–Crippen LogP) is 1.00. The van der Waals surface area contributed by atoms with E-state index in [0.717, 1.165) is 6.61 Å². The Hall–Kier alpha value is -0.480. The minimum absolute atomic E-state index is 0.619. The quantitative estimate of drug-likeness (QED) is 0.377. The van der Waals surface area contributed by atoms with Gasteiger partial charge < -0.3 is 4.74 Å². The second kappa shape index (κ2) is 5.52. The molecule has 0 amide bonds. The summed E-state index contributed by atoms with van der Waals surface area (Å²) in [5, 5.41) is 0. The second-order valence-corrected chi connectivity index (χ2v) is 1.12. The van der Waals surface area contributed by atoms with Crippen LogP contribution in [0.25, 0.3) is 0 Å². The Balaban J connectivity index is 2.60. The molecular weight excluding hydrogens is 88.1 g/mol. The Morgan fingerprint density at radius 2 is 2.43 bits per heavy atom. The fourth-order valence-corrected chi connectivity index (χ4v) is 0.268.